The molecule has 1 atom stereocenters. The van der Waals surface area contributed by atoms with E-state index in [4.69, 9.17) is 4.74 Å². The number of anilines is 1. The number of halogens is 2. The van der Waals surface area contributed by atoms with E-state index in [0.29, 0.717) is 53.1 Å². The summed E-state index contributed by atoms with van der Waals surface area (Å²) in [6.07, 6.45) is 18.3. The molecule has 0 amide bonds. The number of piperidine rings is 2. The molecule has 9 nitrogen and oxygen atoms in total. The maximum Gasteiger partial charge on any atom is 0.213 e. The van der Waals surface area contributed by atoms with E-state index in [-0.39, 0.29) is 17.3 Å². The van der Waals surface area contributed by atoms with E-state index in [1.807, 2.05) is 4.90 Å². The van der Waals surface area contributed by atoms with Crippen LogP contribution in [0.3, 0.4) is 0 Å². The van der Waals surface area contributed by atoms with Crippen LogP contribution in [0.2, 0.25) is 0 Å². The van der Waals surface area contributed by atoms with E-state index in [1.54, 1.807) is 24.5 Å². The Kier molecular flexibility index (Phi) is 16.3. The molecule has 6 rings (SSSR count). The van der Waals surface area contributed by atoms with Crippen molar-refractivity contribution in [2.75, 3.05) is 76.7 Å². The summed E-state index contributed by atoms with van der Waals surface area (Å²) in [5, 5.41) is 0.531. The third-order valence-electron chi connectivity index (χ3n) is 12.6. The second kappa shape index (κ2) is 21.1. The van der Waals surface area contributed by atoms with Crippen molar-refractivity contribution in [2.24, 2.45) is 0 Å². The van der Waals surface area contributed by atoms with E-state index >= 15 is 8.78 Å². The van der Waals surface area contributed by atoms with Crippen LogP contribution in [0, 0.1) is 11.6 Å². The molecular weight excluding hydrogens is 765 g/mol. The Hall–Kier alpha value is -2.55. The predicted molar refractivity (Wildman–Crippen MR) is 227 cm³/mol. The number of rotatable bonds is 19. The first-order chi connectivity index (χ1) is 27.6. The zero-order valence-corrected chi connectivity index (χ0v) is 36.2. The number of hydrogen-bond donors (Lipinski definition) is 0. The van der Waals surface area contributed by atoms with Crippen molar-refractivity contribution >= 4 is 37.6 Å². The first-order valence-corrected chi connectivity index (χ1v) is 24.7. The Morgan fingerprint density at radius 3 is 1.96 bits per heavy atom. The van der Waals surface area contributed by atoms with Crippen molar-refractivity contribution in [1.82, 2.24) is 19.7 Å². The Bertz CT molecular complexity index is 1840. The van der Waals surface area contributed by atoms with Crippen LogP contribution in [0.15, 0.2) is 51.2 Å². The van der Waals surface area contributed by atoms with Gasteiger partial charge in [-0.25, -0.2) is 12.8 Å². The minimum Gasteiger partial charge on any atom is -0.612 e. The Morgan fingerprint density at radius 2 is 1.35 bits per heavy atom. The van der Waals surface area contributed by atoms with Crippen molar-refractivity contribution in [2.45, 2.75) is 131 Å². The minimum atomic E-state index is -4.58. The zero-order chi connectivity index (χ0) is 40.4. The van der Waals surface area contributed by atoms with E-state index in [0.717, 1.165) is 96.8 Å². The maximum atomic E-state index is 15.8. The van der Waals surface area contributed by atoms with Crippen molar-refractivity contribution in [1.29, 1.82) is 0 Å². The van der Waals surface area contributed by atoms with Crippen LogP contribution in [0.25, 0.3) is 10.9 Å². The Labute approximate surface area is 343 Å². The smallest absolute Gasteiger partial charge is 0.213 e. The van der Waals surface area contributed by atoms with E-state index in [2.05, 4.69) is 33.5 Å². The highest BCUT2D eigenvalue weighted by Gasteiger charge is 2.35. The van der Waals surface area contributed by atoms with E-state index in [1.165, 1.54) is 50.8 Å². The number of unbranched alkanes of at least 4 members (excludes halogenated alkanes) is 9. The Balaban J connectivity index is 1.13. The number of pyridine rings is 1. The molecule has 0 N–H and O–H groups in total. The van der Waals surface area contributed by atoms with Crippen LogP contribution < -0.4 is 9.64 Å². The van der Waals surface area contributed by atoms with Gasteiger partial charge in [-0.05, 0) is 87.2 Å². The van der Waals surface area contributed by atoms with Gasteiger partial charge in [0.2, 0.25) is 15.7 Å². The van der Waals surface area contributed by atoms with Gasteiger partial charge in [0, 0.05) is 69.0 Å². The summed E-state index contributed by atoms with van der Waals surface area (Å²) in [7, 11) is -4.58. The van der Waals surface area contributed by atoms with Gasteiger partial charge < -0.3 is 24.0 Å². The molecule has 3 saturated heterocycles. The summed E-state index contributed by atoms with van der Waals surface area (Å²) in [5.41, 5.74) is 0.946. The topological polar surface area (TPSA) is 92.3 Å². The van der Waals surface area contributed by atoms with Crippen molar-refractivity contribution < 1.29 is 26.5 Å². The SMILES string of the molecule is CCCCCCCCCCCCOc1ccc(S(=O)(=O)c2cnc3ccc([S+](C)[O-])cc3c2N2CCC(N3CCC(N4CCN(CC)CC4)CC3)CC2)c(F)c1F. The number of benzene rings is 2. The van der Waals surface area contributed by atoms with E-state index in [9.17, 15) is 13.0 Å². The Morgan fingerprint density at radius 1 is 0.754 bits per heavy atom. The molecule has 0 saturated carbocycles. The summed E-state index contributed by atoms with van der Waals surface area (Å²) in [5.74, 6) is -3.06. The quantitative estimate of drug-likeness (QED) is 0.0873. The number of likely N-dealkylation sites (N-methyl/N-ethyl adjacent to an activating group) is 1. The lowest BCUT2D eigenvalue weighted by atomic mass is 9.96. The molecule has 13 heteroatoms. The molecule has 3 aliphatic rings. The largest absolute Gasteiger partial charge is 0.612 e. The highest BCUT2D eigenvalue weighted by Crippen LogP contribution is 2.40. The highest BCUT2D eigenvalue weighted by atomic mass is 32.2. The van der Waals surface area contributed by atoms with Gasteiger partial charge in [0.15, 0.2) is 16.5 Å². The van der Waals surface area contributed by atoms with Crippen LogP contribution in [-0.4, -0.2) is 117 Å². The van der Waals surface area contributed by atoms with E-state index < -0.39 is 37.5 Å². The van der Waals surface area contributed by atoms with Gasteiger partial charge in [0.05, 0.1) is 17.8 Å². The number of ether oxygens (including phenoxy) is 1. The fourth-order valence-corrected chi connectivity index (χ4v) is 11.1. The van der Waals surface area contributed by atoms with Crippen molar-refractivity contribution in [3.05, 3.63) is 48.2 Å². The molecule has 3 aromatic rings. The number of nitrogens with zero attached hydrogens (tertiary/aromatic N) is 5. The number of sulfone groups is 1. The lowest BCUT2D eigenvalue weighted by Gasteiger charge is -2.46. The standard InChI is InChI=1S/C44H65F2N5O4S2/c1-4-6-7-8-9-10-11-12-13-14-31-55-39-17-18-40(43(46)42(39)45)57(53,54)41-33-47-38-16-15-36(56(3)52)32-37(38)44(41)51-25-21-34(22-26-51)49-23-19-35(20-24-49)50-29-27-48(5-2)28-30-50/h15-18,32-35H,4-14,19-31H2,1-3H3. The van der Waals surface area contributed by atoms with Crippen LogP contribution in [0.5, 0.6) is 5.75 Å². The second-order valence-corrected chi connectivity index (χ2v) is 19.5. The van der Waals surface area contributed by atoms with Crippen molar-refractivity contribution in [3.8, 4) is 5.75 Å². The van der Waals surface area contributed by atoms with Crippen LogP contribution in [0.1, 0.15) is 104 Å². The van der Waals surface area contributed by atoms with Gasteiger partial charge in [-0.15, -0.1) is 0 Å². The molecule has 316 valence electrons. The van der Waals surface area contributed by atoms with Crippen LogP contribution in [0.4, 0.5) is 14.5 Å². The average molecular weight is 830 g/mol. The molecular formula is C44H65F2N5O4S2. The van der Waals surface area contributed by atoms with Gasteiger partial charge in [0.25, 0.3) is 0 Å². The van der Waals surface area contributed by atoms with Crippen molar-refractivity contribution in [3.63, 3.8) is 0 Å². The number of likely N-dealkylation sites (tertiary alicyclic amines) is 1. The molecule has 0 spiro atoms. The summed E-state index contributed by atoms with van der Waals surface area (Å²) in [6.45, 7) is 13.7. The molecule has 3 aliphatic heterocycles. The fraction of sp³-hybridized carbons (Fsp3) is 0.659. The zero-order valence-electron chi connectivity index (χ0n) is 34.5. The number of aromatic nitrogens is 1. The molecule has 0 aliphatic carbocycles. The highest BCUT2D eigenvalue weighted by molar-refractivity contribution is 7.91. The average Bonchev–Trinajstić information content (AvgIpc) is 3.23. The molecule has 0 radical (unpaired) electrons. The fourth-order valence-electron chi connectivity index (χ4n) is 9.08. The molecule has 4 heterocycles. The van der Waals surface area contributed by atoms with Gasteiger partial charge in [-0.1, -0.05) is 71.6 Å². The van der Waals surface area contributed by atoms with Gasteiger partial charge in [-0.3, -0.25) is 9.88 Å². The molecule has 57 heavy (non-hydrogen) atoms. The number of hydrogen-bond acceptors (Lipinski definition) is 9. The minimum absolute atomic E-state index is 0.186. The summed E-state index contributed by atoms with van der Waals surface area (Å²) in [4.78, 5) is 13.9. The third-order valence-corrected chi connectivity index (χ3v) is 15.3. The lowest BCUT2D eigenvalue weighted by Crippen LogP contribution is -2.55. The lowest BCUT2D eigenvalue weighted by molar-refractivity contribution is 0.0449. The molecule has 2 aromatic carbocycles. The summed E-state index contributed by atoms with van der Waals surface area (Å²) < 4.78 is 78.4. The summed E-state index contributed by atoms with van der Waals surface area (Å²) in [6, 6.07) is 8.53. The monoisotopic (exact) mass is 829 g/mol. The third kappa shape index (κ3) is 11.0. The van der Waals surface area contributed by atoms with Crippen LogP contribution in [-0.2, 0) is 21.0 Å². The predicted octanol–water partition coefficient (Wildman–Crippen LogP) is 8.45. The first kappa shape index (κ1) is 44.0. The molecule has 0 bridgehead atoms. The molecule has 1 aromatic heterocycles. The normalized spacial score (nSPS) is 19.1. The van der Waals surface area contributed by atoms with Gasteiger partial charge in [-0.2, -0.15) is 4.39 Å². The summed E-state index contributed by atoms with van der Waals surface area (Å²) >= 11 is -1.33. The maximum absolute atomic E-state index is 15.8. The molecule has 1 unspecified atom stereocenters. The van der Waals surface area contributed by atoms with Gasteiger partial charge in [0.1, 0.15) is 16.0 Å². The van der Waals surface area contributed by atoms with Gasteiger partial charge >= 0.3 is 0 Å². The second-order valence-electron chi connectivity index (χ2n) is 16.3. The first-order valence-electron chi connectivity index (χ1n) is 21.7. The number of piperazine rings is 1. The van der Waals surface area contributed by atoms with Crippen LogP contribution >= 0.6 is 0 Å². The molecule has 3 fully saturated rings. The number of fused-ring (bicyclic) bond motifs is 1.